The van der Waals surface area contributed by atoms with Crippen LogP contribution in [0, 0.1) is 17.7 Å². The second-order valence-corrected chi connectivity index (χ2v) is 9.36. The van der Waals surface area contributed by atoms with Gasteiger partial charge in [0.2, 0.25) is 0 Å². The van der Waals surface area contributed by atoms with Gasteiger partial charge in [0, 0.05) is 17.4 Å². The Hall–Kier alpha value is -3.24. The van der Waals surface area contributed by atoms with Gasteiger partial charge in [0.1, 0.15) is 23.9 Å². The number of nitrogens with zero attached hydrogens (tertiary/aromatic N) is 2. The topological polar surface area (TPSA) is 102 Å². The minimum absolute atomic E-state index is 0.0414. The highest BCUT2D eigenvalue weighted by molar-refractivity contribution is 7.39. The standard InChI is InChI=1S/C25H26FN2O5P/c1-17(2)24-22(9-6-14-33-34(32)16-21(29)15-23(30)31)28(20-12-10-19(26)11-13-20)25(27-24)18-7-4-3-5-8-18/h3-5,7-8,10-13,17,21,29,34H,14-16H2,1-2H3,(H,30,31). The van der Waals surface area contributed by atoms with Crippen molar-refractivity contribution < 1.29 is 28.5 Å². The van der Waals surface area contributed by atoms with Crippen LogP contribution in [0.3, 0.4) is 0 Å². The largest absolute Gasteiger partial charge is 0.481 e. The third-order valence-corrected chi connectivity index (χ3v) is 6.16. The van der Waals surface area contributed by atoms with Gasteiger partial charge in [0.25, 0.3) is 0 Å². The van der Waals surface area contributed by atoms with E-state index in [9.17, 15) is 18.9 Å². The molecule has 2 atom stereocenters. The number of carboxylic acid groups (broad SMARTS) is 1. The number of aliphatic carboxylic acids is 1. The van der Waals surface area contributed by atoms with Crippen molar-refractivity contribution in [1.82, 2.24) is 9.55 Å². The molecule has 0 aliphatic rings. The Morgan fingerprint density at radius 2 is 1.85 bits per heavy atom. The van der Waals surface area contributed by atoms with E-state index in [1.54, 1.807) is 12.1 Å². The molecule has 178 valence electrons. The Labute approximate surface area is 198 Å². The average molecular weight is 484 g/mol. The van der Waals surface area contributed by atoms with E-state index in [-0.39, 0.29) is 24.5 Å². The summed E-state index contributed by atoms with van der Waals surface area (Å²) < 4.78 is 32.7. The van der Waals surface area contributed by atoms with Crippen LogP contribution in [-0.2, 0) is 13.9 Å². The number of halogens is 1. The number of aromatic nitrogens is 2. The van der Waals surface area contributed by atoms with Crippen molar-refractivity contribution >= 4 is 14.0 Å². The number of rotatable bonds is 9. The quantitative estimate of drug-likeness (QED) is 0.343. The van der Waals surface area contributed by atoms with Crippen molar-refractivity contribution in [2.24, 2.45) is 0 Å². The Morgan fingerprint density at radius 1 is 1.18 bits per heavy atom. The van der Waals surface area contributed by atoms with Crippen molar-refractivity contribution in [3.05, 3.63) is 71.8 Å². The number of imidazole rings is 1. The van der Waals surface area contributed by atoms with E-state index in [4.69, 9.17) is 14.6 Å². The predicted molar refractivity (Wildman–Crippen MR) is 128 cm³/mol. The molecule has 2 unspecified atom stereocenters. The Bertz CT molecular complexity index is 1210. The zero-order chi connectivity index (χ0) is 24.7. The van der Waals surface area contributed by atoms with Crippen LogP contribution in [0.1, 0.15) is 37.6 Å². The summed E-state index contributed by atoms with van der Waals surface area (Å²) in [5.41, 5.74) is 2.92. The van der Waals surface area contributed by atoms with Gasteiger partial charge in [-0.3, -0.25) is 13.9 Å². The molecule has 3 rings (SSSR count). The van der Waals surface area contributed by atoms with Gasteiger partial charge < -0.3 is 14.7 Å². The number of aliphatic hydroxyl groups excluding tert-OH is 1. The van der Waals surface area contributed by atoms with Crippen LogP contribution < -0.4 is 0 Å². The second kappa shape index (κ2) is 11.8. The molecule has 0 amide bonds. The molecule has 0 bridgehead atoms. The summed E-state index contributed by atoms with van der Waals surface area (Å²) in [6, 6.07) is 15.6. The van der Waals surface area contributed by atoms with Crippen LogP contribution >= 0.6 is 8.03 Å². The fourth-order valence-electron chi connectivity index (χ4n) is 3.34. The van der Waals surface area contributed by atoms with E-state index >= 15 is 0 Å². The van der Waals surface area contributed by atoms with Gasteiger partial charge in [-0.25, -0.2) is 9.37 Å². The molecule has 3 aromatic rings. The fourth-order valence-corrected chi connectivity index (χ4v) is 4.22. The first-order chi connectivity index (χ1) is 16.3. The van der Waals surface area contributed by atoms with Crippen molar-refractivity contribution in [3.63, 3.8) is 0 Å². The molecule has 2 N–H and O–H groups in total. The van der Waals surface area contributed by atoms with E-state index in [0.29, 0.717) is 17.2 Å². The highest BCUT2D eigenvalue weighted by Crippen LogP contribution is 2.30. The molecule has 1 heterocycles. The molecule has 34 heavy (non-hydrogen) atoms. The summed E-state index contributed by atoms with van der Waals surface area (Å²) in [7, 11) is -2.65. The number of aliphatic hydroxyl groups is 1. The van der Waals surface area contributed by atoms with Gasteiger partial charge in [-0.05, 0) is 36.1 Å². The molecular weight excluding hydrogens is 458 g/mol. The summed E-state index contributed by atoms with van der Waals surface area (Å²) in [5, 5.41) is 18.3. The molecule has 9 heteroatoms. The van der Waals surface area contributed by atoms with Crippen LogP contribution in [-0.4, -0.2) is 44.6 Å². The van der Waals surface area contributed by atoms with Gasteiger partial charge in [0.15, 0.2) is 8.03 Å². The first-order valence-corrected chi connectivity index (χ1v) is 12.3. The van der Waals surface area contributed by atoms with E-state index in [1.165, 1.54) is 12.1 Å². The third kappa shape index (κ3) is 6.64. The molecule has 0 saturated carbocycles. The summed E-state index contributed by atoms with van der Waals surface area (Å²) >= 11 is 0. The van der Waals surface area contributed by atoms with Crippen molar-refractivity contribution in [2.45, 2.75) is 32.3 Å². The SMILES string of the molecule is CC(C)c1nc(-c2ccccc2)n(-c2ccc(F)cc2)c1C#CCO[PH](=O)CC(O)CC(=O)O. The van der Waals surface area contributed by atoms with Crippen molar-refractivity contribution in [3.8, 4) is 28.9 Å². The molecule has 0 spiro atoms. The monoisotopic (exact) mass is 484 g/mol. The van der Waals surface area contributed by atoms with E-state index in [2.05, 4.69) is 11.8 Å². The zero-order valence-corrected chi connectivity index (χ0v) is 19.9. The Morgan fingerprint density at radius 3 is 2.47 bits per heavy atom. The number of carboxylic acids is 1. The fraction of sp³-hybridized carbons (Fsp3) is 0.280. The molecule has 0 saturated heterocycles. The van der Waals surface area contributed by atoms with Crippen molar-refractivity contribution in [1.29, 1.82) is 0 Å². The highest BCUT2D eigenvalue weighted by Gasteiger charge is 2.20. The summed E-state index contributed by atoms with van der Waals surface area (Å²) in [6.45, 7) is 3.83. The lowest BCUT2D eigenvalue weighted by molar-refractivity contribution is -0.138. The second-order valence-electron chi connectivity index (χ2n) is 7.92. The first-order valence-electron chi connectivity index (χ1n) is 10.7. The third-order valence-electron chi connectivity index (χ3n) is 4.89. The lowest BCUT2D eigenvalue weighted by atomic mass is 10.1. The maximum atomic E-state index is 13.6. The molecular formula is C25H26FN2O5P. The van der Waals surface area contributed by atoms with Gasteiger partial charge in [-0.2, -0.15) is 0 Å². The highest BCUT2D eigenvalue weighted by atomic mass is 31.1. The van der Waals surface area contributed by atoms with Crippen molar-refractivity contribution in [2.75, 3.05) is 12.8 Å². The minimum atomic E-state index is -2.65. The molecule has 0 aliphatic heterocycles. The maximum absolute atomic E-state index is 13.6. The zero-order valence-electron chi connectivity index (χ0n) is 18.9. The number of benzene rings is 2. The molecule has 0 aliphatic carbocycles. The van der Waals surface area contributed by atoms with Gasteiger partial charge in [-0.1, -0.05) is 50.1 Å². The summed E-state index contributed by atoms with van der Waals surface area (Å²) in [4.78, 5) is 15.5. The normalized spacial score (nSPS) is 12.7. The summed E-state index contributed by atoms with van der Waals surface area (Å²) in [5.74, 6) is 5.08. The molecule has 0 radical (unpaired) electrons. The number of hydrogen-bond donors (Lipinski definition) is 2. The maximum Gasteiger partial charge on any atom is 0.305 e. The van der Waals surface area contributed by atoms with Gasteiger partial charge in [-0.15, -0.1) is 0 Å². The van der Waals surface area contributed by atoms with E-state index < -0.39 is 26.5 Å². The minimum Gasteiger partial charge on any atom is -0.481 e. The van der Waals surface area contributed by atoms with Crippen LogP contribution in [0.2, 0.25) is 0 Å². The van der Waals surface area contributed by atoms with Crippen LogP contribution in [0.15, 0.2) is 54.6 Å². The molecule has 7 nitrogen and oxygen atoms in total. The lowest BCUT2D eigenvalue weighted by Crippen LogP contribution is -2.15. The summed E-state index contributed by atoms with van der Waals surface area (Å²) in [6.07, 6.45) is -1.98. The van der Waals surface area contributed by atoms with Crippen LogP contribution in [0.4, 0.5) is 4.39 Å². The lowest BCUT2D eigenvalue weighted by Gasteiger charge is -2.10. The van der Waals surface area contributed by atoms with Gasteiger partial charge >= 0.3 is 5.97 Å². The predicted octanol–water partition coefficient (Wildman–Crippen LogP) is 4.48. The molecule has 2 aromatic carbocycles. The number of hydrogen-bond acceptors (Lipinski definition) is 5. The van der Waals surface area contributed by atoms with E-state index in [1.807, 2.05) is 48.7 Å². The van der Waals surface area contributed by atoms with Crippen LogP contribution in [0.5, 0.6) is 0 Å². The average Bonchev–Trinajstić information content (AvgIpc) is 3.17. The molecule has 1 aromatic heterocycles. The Kier molecular flexibility index (Phi) is 8.78. The van der Waals surface area contributed by atoms with Gasteiger partial charge in [0.05, 0.1) is 18.2 Å². The van der Waals surface area contributed by atoms with Crippen LogP contribution in [0.25, 0.3) is 17.1 Å². The van der Waals surface area contributed by atoms with E-state index in [0.717, 1.165) is 11.3 Å². The first kappa shape index (κ1) is 25.4. The molecule has 0 fully saturated rings. The smallest absolute Gasteiger partial charge is 0.305 e. The number of carbonyl (C=O) groups is 1. The Balaban J connectivity index is 1.94.